The normalized spacial score (nSPS) is 20.1. The molecule has 0 aliphatic carbocycles. The Kier molecular flexibility index (Phi) is 4.51. The molecule has 1 aromatic heterocycles. The van der Waals surface area contributed by atoms with E-state index in [0.717, 1.165) is 19.6 Å². The Bertz CT molecular complexity index is 345. The van der Waals surface area contributed by atoms with Gasteiger partial charge in [-0.3, -0.25) is 9.88 Å². The monoisotopic (exact) mass is 233 g/mol. The molecule has 1 saturated heterocycles. The van der Waals surface area contributed by atoms with Crippen molar-refractivity contribution in [2.45, 2.75) is 39.3 Å². The highest BCUT2D eigenvalue weighted by atomic mass is 15.1. The van der Waals surface area contributed by atoms with Crippen molar-refractivity contribution in [1.82, 2.24) is 15.2 Å². The van der Waals surface area contributed by atoms with Crippen molar-refractivity contribution >= 4 is 0 Å². The first kappa shape index (κ1) is 12.5. The third-order valence-corrected chi connectivity index (χ3v) is 3.63. The molecule has 0 bridgehead atoms. The van der Waals surface area contributed by atoms with Gasteiger partial charge in [-0.2, -0.15) is 0 Å². The second kappa shape index (κ2) is 6.12. The van der Waals surface area contributed by atoms with E-state index in [0.29, 0.717) is 6.04 Å². The maximum atomic E-state index is 4.22. The van der Waals surface area contributed by atoms with Crippen molar-refractivity contribution in [3.63, 3.8) is 0 Å². The van der Waals surface area contributed by atoms with Gasteiger partial charge in [0.25, 0.3) is 0 Å². The van der Waals surface area contributed by atoms with Crippen LogP contribution in [0, 0.1) is 6.92 Å². The minimum atomic E-state index is 0.687. The minimum absolute atomic E-state index is 0.687. The predicted octanol–water partition coefficient (Wildman–Crippen LogP) is 1.96. The smallest absolute Gasteiger partial charge is 0.0315 e. The summed E-state index contributed by atoms with van der Waals surface area (Å²) in [7, 11) is 0. The molecule has 1 aromatic rings. The molecule has 1 aliphatic heterocycles. The number of nitrogens with zero attached hydrogens (tertiary/aromatic N) is 2. The second-order valence-electron chi connectivity index (χ2n) is 4.92. The van der Waals surface area contributed by atoms with E-state index >= 15 is 0 Å². The van der Waals surface area contributed by atoms with E-state index in [4.69, 9.17) is 0 Å². The number of aryl methyl sites for hydroxylation is 1. The van der Waals surface area contributed by atoms with Crippen LogP contribution in [0.2, 0.25) is 0 Å². The summed E-state index contributed by atoms with van der Waals surface area (Å²) >= 11 is 0. The number of likely N-dealkylation sites (N-methyl/N-ethyl adjacent to an activating group) is 1. The fourth-order valence-electron chi connectivity index (χ4n) is 2.43. The number of aromatic nitrogens is 1. The number of rotatable bonds is 5. The van der Waals surface area contributed by atoms with Crippen molar-refractivity contribution in [3.05, 3.63) is 29.6 Å². The Hall–Kier alpha value is -0.930. The molecule has 1 aliphatic rings. The number of nitrogens with one attached hydrogen (secondary N) is 1. The zero-order chi connectivity index (χ0) is 12.1. The van der Waals surface area contributed by atoms with Gasteiger partial charge in [0.15, 0.2) is 0 Å². The maximum Gasteiger partial charge on any atom is 0.0315 e. The van der Waals surface area contributed by atoms with Gasteiger partial charge in [-0.25, -0.2) is 0 Å². The molecule has 0 amide bonds. The van der Waals surface area contributed by atoms with Crippen LogP contribution in [0.4, 0.5) is 0 Å². The average molecular weight is 233 g/mol. The molecule has 17 heavy (non-hydrogen) atoms. The second-order valence-corrected chi connectivity index (χ2v) is 4.92. The molecule has 3 heteroatoms. The van der Waals surface area contributed by atoms with E-state index in [1.807, 2.05) is 12.4 Å². The molecular formula is C14H23N3. The summed E-state index contributed by atoms with van der Waals surface area (Å²) in [5.74, 6) is 0. The summed E-state index contributed by atoms with van der Waals surface area (Å²) in [6.07, 6.45) is 6.52. The number of hydrogen-bond donors (Lipinski definition) is 1. The van der Waals surface area contributed by atoms with Crippen LogP contribution in [-0.4, -0.2) is 35.6 Å². The summed E-state index contributed by atoms with van der Waals surface area (Å²) in [5.41, 5.74) is 2.70. The zero-order valence-corrected chi connectivity index (χ0v) is 10.9. The van der Waals surface area contributed by atoms with Crippen molar-refractivity contribution in [2.24, 2.45) is 0 Å². The fourth-order valence-corrected chi connectivity index (χ4v) is 2.43. The first-order chi connectivity index (χ1) is 8.29. The first-order valence-electron chi connectivity index (χ1n) is 6.65. The highest BCUT2D eigenvalue weighted by Crippen LogP contribution is 2.12. The van der Waals surface area contributed by atoms with Crippen molar-refractivity contribution < 1.29 is 0 Å². The molecule has 2 heterocycles. The van der Waals surface area contributed by atoms with Crippen LogP contribution in [0.15, 0.2) is 18.5 Å². The molecule has 0 aromatic carbocycles. The average Bonchev–Trinajstić information content (AvgIpc) is 2.84. The summed E-state index contributed by atoms with van der Waals surface area (Å²) in [5, 5.41) is 3.56. The van der Waals surface area contributed by atoms with Crippen LogP contribution < -0.4 is 5.32 Å². The van der Waals surface area contributed by atoms with E-state index in [1.54, 1.807) is 0 Å². The van der Waals surface area contributed by atoms with Crippen LogP contribution in [0.1, 0.15) is 30.9 Å². The van der Waals surface area contributed by atoms with Gasteiger partial charge >= 0.3 is 0 Å². The Labute approximate surface area is 104 Å². The Morgan fingerprint density at radius 2 is 2.41 bits per heavy atom. The Balaban J connectivity index is 1.92. The van der Waals surface area contributed by atoms with Gasteiger partial charge in [-0.15, -0.1) is 0 Å². The molecule has 0 saturated carbocycles. The van der Waals surface area contributed by atoms with E-state index < -0.39 is 0 Å². The van der Waals surface area contributed by atoms with E-state index in [1.165, 1.54) is 30.5 Å². The summed E-state index contributed by atoms with van der Waals surface area (Å²) in [4.78, 5) is 6.73. The highest BCUT2D eigenvalue weighted by molar-refractivity contribution is 5.21. The highest BCUT2D eigenvalue weighted by Gasteiger charge is 2.17. The Morgan fingerprint density at radius 1 is 1.53 bits per heavy atom. The molecule has 1 unspecified atom stereocenters. The Morgan fingerprint density at radius 3 is 3.06 bits per heavy atom. The van der Waals surface area contributed by atoms with Gasteiger partial charge in [0.2, 0.25) is 0 Å². The third-order valence-electron chi connectivity index (χ3n) is 3.63. The van der Waals surface area contributed by atoms with Crippen LogP contribution in [0.3, 0.4) is 0 Å². The van der Waals surface area contributed by atoms with Gasteiger partial charge in [-0.1, -0.05) is 6.92 Å². The van der Waals surface area contributed by atoms with E-state index in [9.17, 15) is 0 Å². The largest absolute Gasteiger partial charge is 0.313 e. The standard InChI is InChI=1S/C14H23N3/c1-3-17(11-14-5-4-7-16-14)10-13-9-15-8-6-12(13)2/h6,8-9,14,16H,3-5,7,10-11H2,1-2H3. The topological polar surface area (TPSA) is 28.2 Å². The zero-order valence-electron chi connectivity index (χ0n) is 10.9. The van der Waals surface area contributed by atoms with Crippen LogP contribution >= 0.6 is 0 Å². The molecular weight excluding hydrogens is 210 g/mol. The number of hydrogen-bond acceptors (Lipinski definition) is 3. The van der Waals surface area contributed by atoms with Crippen molar-refractivity contribution in [2.75, 3.05) is 19.6 Å². The van der Waals surface area contributed by atoms with Gasteiger partial charge in [-0.05, 0) is 50.0 Å². The number of pyridine rings is 1. The molecule has 0 spiro atoms. The molecule has 94 valence electrons. The molecule has 1 atom stereocenters. The lowest BCUT2D eigenvalue weighted by Crippen LogP contribution is -2.37. The lowest BCUT2D eigenvalue weighted by atomic mass is 10.1. The predicted molar refractivity (Wildman–Crippen MR) is 70.9 cm³/mol. The summed E-state index contributed by atoms with van der Waals surface area (Å²) < 4.78 is 0. The molecule has 2 rings (SSSR count). The van der Waals surface area contributed by atoms with Gasteiger partial charge in [0, 0.05) is 31.5 Å². The van der Waals surface area contributed by atoms with Gasteiger partial charge in [0.05, 0.1) is 0 Å². The van der Waals surface area contributed by atoms with E-state index in [-0.39, 0.29) is 0 Å². The molecule has 0 radical (unpaired) electrons. The minimum Gasteiger partial charge on any atom is -0.313 e. The van der Waals surface area contributed by atoms with Crippen LogP contribution in [0.25, 0.3) is 0 Å². The molecule has 1 fully saturated rings. The first-order valence-corrected chi connectivity index (χ1v) is 6.65. The third kappa shape index (κ3) is 3.51. The maximum absolute atomic E-state index is 4.22. The van der Waals surface area contributed by atoms with Crippen LogP contribution in [-0.2, 0) is 6.54 Å². The summed E-state index contributed by atoms with van der Waals surface area (Å²) in [6.45, 7) is 8.87. The van der Waals surface area contributed by atoms with Gasteiger partial charge < -0.3 is 5.32 Å². The molecule has 3 nitrogen and oxygen atoms in total. The lowest BCUT2D eigenvalue weighted by molar-refractivity contribution is 0.253. The molecule has 1 N–H and O–H groups in total. The fraction of sp³-hybridized carbons (Fsp3) is 0.643. The quantitative estimate of drug-likeness (QED) is 0.842. The van der Waals surface area contributed by atoms with Crippen LogP contribution in [0.5, 0.6) is 0 Å². The van der Waals surface area contributed by atoms with Crippen molar-refractivity contribution in [1.29, 1.82) is 0 Å². The van der Waals surface area contributed by atoms with Gasteiger partial charge in [0.1, 0.15) is 0 Å². The lowest BCUT2D eigenvalue weighted by Gasteiger charge is -2.24. The van der Waals surface area contributed by atoms with E-state index in [2.05, 4.69) is 35.1 Å². The SMILES string of the molecule is CCN(Cc1cnccc1C)CC1CCCN1. The summed E-state index contributed by atoms with van der Waals surface area (Å²) in [6, 6.07) is 2.78. The van der Waals surface area contributed by atoms with Crippen molar-refractivity contribution in [3.8, 4) is 0 Å².